The Labute approximate surface area is 117 Å². The van der Waals surface area contributed by atoms with Gasteiger partial charge in [0.05, 0.1) is 23.4 Å². The highest BCUT2D eigenvalue weighted by molar-refractivity contribution is 6.29. The van der Waals surface area contributed by atoms with Crippen molar-refractivity contribution in [2.75, 3.05) is 0 Å². The van der Waals surface area contributed by atoms with Crippen LogP contribution < -0.4 is 11.2 Å². The summed E-state index contributed by atoms with van der Waals surface area (Å²) in [6, 6.07) is 4.72. The number of hydrogen-bond acceptors (Lipinski definition) is 5. The lowest BCUT2D eigenvalue weighted by molar-refractivity contribution is -0.387. The summed E-state index contributed by atoms with van der Waals surface area (Å²) in [5.41, 5.74) is -1.95. The first kappa shape index (κ1) is 13.9. The topological polar surface area (TPSA) is 100 Å². The van der Waals surface area contributed by atoms with Gasteiger partial charge in [-0.25, -0.2) is 14.3 Å². The van der Waals surface area contributed by atoms with Crippen LogP contribution in [0.5, 0.6) is 0 Å². The van der Waals surface area contributed by atoms with Crippen LogP contribution in [0.25, 0.3) is 0 Å². The number of hydrogen-bond donors (Lipinski definition) is 0. The molecule has 0 fully saturated rings. The van der Waals surface area contributed by atoms with Crippen molar-refractivity contribution in [2.45, 2.75) is 6.54 Å². The van der Waals surface area contributed by atoms with Crippen LogP contribution in [0.4, 0.5) is 5.69 Å². The molecule has 0 saturated heterocycles. The third kappa shape index (κ3) is 2.59. The Morgan fingerprint density at radius 1 is 1.40 bits per heavy atom. The predicted molar refractivity (Wildman–Crippen MR) is 70.9 cm³/mol. The molecule has 2 rings (SSSR count). The quantitative estimate of drug-likeness (QED) is 0.468. The standard InChI is InChI=1S/C11H9ClN4O4/c1-14-6-8(16(19)20)10(17)15(11(14)18)5-7-3-2-4-9(12)13-7/h2-4,6H,5H2,1H3. The molecule has 104 valence electrons. The molecule has 0 atom stereocenters. The molecule has 8 nitrogen and oxygen atoms in total. The van der Waals surface area contributed by atoms with Gasteiger partial charge in [0.15, 0.2) is 0 Å². The van der Waals surface area contributed by atoms with E-state index >= 15 is 0 Å². The van der Waals surface area contributed by atoms with E-state index in [1.165, 1.54) is 7.05 Å². The Balaban J connectivity index is 2.60. The second-order valence-corrected chi connectivity index (χ2v) is 4.40. The minimum Gasteiger partial charge on any atom is -0.297 e. The molecule has 0 bridgehead atoms. The van der Waals surface area contributed by atoms with E-state index in [2.05, 4.69) is 4.98 Å². The van der Waals surface area contributed by atoms with Gasteiger partial charge >= 0.3 is 16.9 Å². The fourth-order valence-electron chi connectivity index (χ4n) is 1.67. The number of aromatic nitrogens is 3. The molecule has 0 aliphatic carbocycles. The molecule has 2 aromatic heterocycles. The lowest BCUT2D eigenvalue weighted by Crippen LogP contribution is -2.39. The maximum atomic E-state index is 11.9. The molecule has 0 N–H and O–H groups in total. The second-order valence-electron chi connectivity index (χ2n) is 4.01. The Morgan fingerprint density at radius 2 is 2.10 bits per heavy atom. The van der Waals surface area contributed by atoms with Crippen LogP contribution in [0.1, 0.15) is 5.69 Å². The first-order valence-electron chi connectivity index (χ1n) is 5.46. The van der Waals surface area contributed by atoms with Gasteiger partial charge in [-0.3, -0.25) is 19.5 Å². The number of halogens is 1. The summed E-state index contributed by atoms with van der Waals surface area (Å²) in [6.45, 7) is -0.187. The van der Waals surface area contributed by atoms with Crippen molar-refractivity contribution in [3.8, 4) is 0 Å². The molecule has 9 heteroatoms. The summed E-state index contributed by atoms with van der Waals surface area (Å²) in [5, 5.41) is 11.0. The van der Waals surface area contributed by atoms with Gasteiger partial charge in [-0.2, -0.15) is 0 Å². The normalized spacial score (nSPS) is 10.5. The molecule has 0 aliphatic heterocycles. The summed E-state index contributed by atoms with van der Waals surface area (Å²) in [5.74, 6) is 0. The number of aryl methyl sites for hydroxylation is 1. The van der Waals surface area contributed by atoms with Crippen molar-refractivity contribution in [1.29, 1.82) is 0 Å². The van der Waals surface area contributed by atoms with Crippen LogP contribution in [0.3, 0.4) is 0 Å². The fraction of sp³-hybridized carbons (Fsp3) is 0.182. The van der Waals surface area contributed by atoms with Crippen molar-refractivity contribution in [3.63, 3.8) is 0 Å². The van der Waals surface area contributed by atoms with Crippen LogP contribution >= 0.6 is 11.6 Å². The largest absolute Gasteiger partial charge is 0.350 e. The number of nitro groups is 1. The van der Waals surface area contributed by atoms with Gasteiger partial charge in [-0.1, -0.05) is 17.7 Å². The van der Waals surface area contributed by atoms with Gasteiger partial charge in [-0.05, 0) is 12.1 Å². The minimum atomic E-state index is -0.972. The zero-order valence-electron chi connectivity index (χ0n) is 10.3. The highest BCUT2D eigenvalue weighted by Gasteiger charge is 2.19. The average Bonchev–Trinajstić information content (AvgIpc) is 2.38. The van der Waals surface area contributed by atoms with E-state index in [9.17, 15) is 19.7 Å². The molecule has 0 aromatic carbocycles. The van der Waals surface area contributed by atoms with Crippen molar-refractivity contribution in [2.24, 2.45) is 7.05 Å². The molecule has 2 heterocycles. The Hall–Kier alpha value is -2.48. The Kier molecular flexibility index (Phi) is 3.66. The van der Waals surface area contributed by atoms with Crippen LogP contribution in [0.2, 0.25) is 5.15 Å². The van der Waals surface area contributed by atoms with Crippen LogP contribution in [0.15, 0.2) is 34.0 Å². The SMILES string of the molecule is Cn1cc([N+](=O)[O-])c(=O)n(Cc2cccc(Cl)n2)c1=O. The molecule has 20 heavy (non-hydrogen) atoms. The van der Waals surface area contributed by atoms with E-state index in [0.29, 0.717) is 5.69 Å². The minimum absolute atomic E-state index is 0.187. The molecule has 0 spiro atoms. The molecule has 0 radical (unpaired) electrons. The summed E-state index contributed by atoms with van der Waals surface area (Å²) in [6.07, 6.45) is 0.895. The summed E-state index contributed by atoms with van der Waals surface area (Å²) in [7, 11) is 1.33. The Morgan fingerprint density at radius 3 is 2.70 bits per heavy atom. The predicted octanol–water partition coefficient (Wildman–Crippen LogP) is 0.552. The van der Waals surface area contributed by atoms with Gasteiger partial charge in [0, 0.05) is 7.05 Å². The number of rotatable bonds is 3. The highest BCUT2D eigenvalue weighted by atomic mass is 35.5. The van der Waals surface area contributed by atoms with Gasteiger partial charge < -0.3 is 0 Å². The van der Waals surface area contributed by atoms with Crippen molar-refractivity contribution in [3.05, 3.63) is 66.2 Å². The monoisotopic (exact) mass is 296 g/mol. The van der Waals surface area contributed by atoms with E-state index in [1.807, 2.05) is 0 Å². The smallest absolute Gasteiger partial charge is 0.297 e. The van der Waals surface area contributed by atoms with Crippen LogP contribution in [-0.2, 0) is 13.6 Å². The molecule has 0 unspecified atom stereocenters. The lowest BCUT2D eigenvalue weighted by atomic mass is 10.3. The van der Waals surface area contributed by atoms with Gasteiger partial charge in [0.1, 0.15) is 5.15 Å². The van der Waals surface area contributed by atoms with E-state index < -0.39 is 21.9 Å². The number of pyridine rings is 1. The summed E-state index contributed by atoms with van der Waals surface area (Å²) >= 11 is 5.71. The number of nitrogens with zero attached hydrogens (tertiary/aromatic N) is 4. The van der Waals surface area contributed by atoms with E-state index in [4.69, 9.17) is 11.6 Å². The summed E-state index contributed by atoms with van der Waals surface area (Å²) < 4.78 is 1.72. The van der Waals surface area contributed by atoms with E-state index in [-0.39, 0.29) is 11.7 Å². The lowest BCUT2D eigenvalue weighted by Gasteiger charge is -2.06. The maximum Gasteiger partial charge on any atom is 0.350 e. The Bertz CT molecular complexity index is 796. The zero-order chi connectivity index (χ0) is 14.9. The fourth-order valence-corrected chi connectivity index (χ4v) is 1.86. The van der Waals surface area contributed by atoms with Crippen LogP contribution in [0, 0.1) is 10.1 Å². The van der Waals surface area contributed by atoms with Crippen molar-refractivity contribution in [1.82, 2.24) is 14.1 Å². The van der Waals surface area contributed by atoms with E-state index in [1.54, 1.807) is 18.2 Å². The third-order valence-electron chi connectivity index (χ3n) is 2.60. The second kappa shape index (κ2) is 5.25. The molecule has 0 amide bonds. The molecular formula is C11H9ClN4O4. The van der Waals surface area contributed by atoms with Crippen molar-refractivity contribution >= 4 is 17.3 Å². The summed E-state index contributed by atoms with van der Waals surface area (Å²) in [4.78, 5) is 37.7. The van der Waals surface area contributed by atoms with Crippen molar-refractivity contribution < 1.29 is 4.92 Å². The first-order chi connectivity index (χ1) is 9.40. The molecular weight excluding hydrogens is 288 g/mol. The zero-order valence-corrected chi connectivity index (χ0v) is 11.1. The molecule has 2 aromatic rings. The van der Waals surface area contributed by atoms with Gasteiger partial charge in [-0.15, -0.1) is 0 Å². The van der Waals surface area contributed by atoms with Gasteiger partial charge in [0.2, 0.25) is 0 Å². The molecule has 0 saturated carbocycles. The maximum absolute atomic E-state index is 11.9. The third-order valence-corrected chi connectivity index (χ3v) is 2.81. The first-order valence-corrected chi connectivity index (χ1v) is 5.84. The van der Waals surface area contributed by atoms with Crippen LogP contribution in [-0.4, -0.2) is 19.0 Å². The molecule has 0 aliphatic rings. The average molecular weight is 297 g/mol. The van der Waals surface area contributed by atoms with E-state index in [0.717, 1.165) is 15.3 Å². The van der Waals surface area contributed by atoms with Gasteiger partial charge in [0.25, 0.3) is 0 Å². The highest BCUT2D eigenvalue weighted by Crippen LogP contribution is 2.06.